The highest BCUT2D eigenvalue weighted by Crippen LogP contribution is 2.55. The molecule has 1 aliphatic carbocycles. The van der Waals surface area contributed by atoms with Crippen molar-refractivity contribution in [2.45, 2.75) is 18.4 Å². The number of nitrogens with zero attached hydrogens (tertiary/aromatic N) is 1. The van der Waals surface area contributed by atoms with Gasteiger partial charge in [0.1, 0.15) is 16.5 Å². The minimum absolute atomic E-state index is 0.0816. The van der Waals surface area contributed by atoms with Gasteiger partial charge in [-0.25, -0.2) is 0 Å². The summed E-state index contributed by atoms with van der Waals surface area (Å²) in [7, 11) is 3.28. The van der Waals surface area contributed by atoms with Gasteiger partial charge in [-0.05, 0) is 36.1 Å². The number of methoxy groups -OCH3 is 2. The number of nitrogens with one attached hydrogen (secondary N) is 1. The topological polar surface area (TPSA) is 73.6 Å². The summed E-state index contributed by atoms with van der Waals surface area (Å²) in [5.74, 6) is 1.89. The molecule has 7 heteroatoms. The first-order chi connectivity index (χ1) is 13.0. The molecule has 3 unspecified atom stereocenters. The van der Waals surface area contributed by atoms with E-state index < -0.39 is 4.92 Å². The molecule has 4 rings (SSSR count). The number of anilines is 1. The highest BCUT2D eigenvalue weighted by atomic mass is 35.5. The Morgan fingerprint density at radius 1 is 1.19 bits per heavy atom. The number of fused-ring (bicyclic) bond motifs is 3. The average Bonchev–Trinajstić information content (AvgIpc) is 3.16. The molecular weight excluding hydrogens is 368 g/mol. The van der Waals surface area contributed by atoms with Gasteiger partial charge in [0.25, 0.3) is 5.69 Å². The lowest BCUT2D eigenvalue weighted by atomic mass is 9.76. The van der Waals surface area contributed by atoms with Crippen LogP contribution in [-0.2, 0) is 0 Å². The Kier molecular flexibility index (Phi) is 4.44. The van der Waals surface area contributed by atoms with Crippen LogP contribution >= 0.6 is 11.6 Å². The average molecular weight is 387 g/mol. The number of rotatable bonds is 4. The Morgan fingerprint density at radius 3 is 2.63 bits per heavy atom. The van der Waals surface area contributed by atoms with Gasteiger partial charge >= 0.3 is 0 Å². The molecule has 0 radical (unpaired) electrons. The molecule has 6 nitrogen and oxygen atoms in total. The molecule has 0 saturated heterocycles. The maximum absolute atomic E-state index is 11.3. The van der Waals surface area contributed by atoms with Crippen LogP contribution in [0.25, 0.3) is 0 Å². The Balaban J connectivity index is 1.85. The Bertz CT molecular complexity index is 944. The van der Waals surface area contributed by atoms with Crippen molar-refractivity contribution >= 4 is 23.0 Å². The minimum Gasteiger partial charge on any atom is -0.496 e. The highest BCUT2D eigenvalue weighted by molar-refractivity contribution is 6.32. The molecule has 0 spiro atoms. The third kappa shape index (κ3) is 2.80. The molecule has 0 saturated carbocycles. The van der Waals surface area contributed by atoms with E-state index in [0.717, 1.165) is 34.7 Å². The van der Waals surface area contributed by atoms with Crippen LogP contribution < -0.4 is 14.8 Å². The van der Waals surface area contributed by atoms with E-state index in [-0.39, 0.29) is 28.6 Å². The summed E-state index contributed by atoms with van der Waals surface area (Å²) < 4.78 is 11.1. The number of nitro groups is 1. The maximum atomic E-state index is 11.3. The Morgan fingerprint density at radius 2 is 1.93 bits per heavy atom. The fourth-order valence-electron chi connectivity index (χ4n) is 4.19. The quantitative estimate of drug-likeness (QED) is 0.450. The van der Waals surface area contributed by atoms with E-state index in [1.54, 1.807) is 26.4 Å². The summed E-state index contributed by atoms with van der Waals surface area (Å²) >= 11 is 6.00. The zero-order valence-corrected chi connectivity index (χ0v) is 15.7. The number of ether oxygens (including phenoxy) is 2. The summed E-state index contributed by atoms with van der Waals surface area (Å²) in [5, 5.41) is 15.0. The van der Waals surface area contributed by atoms with E-state index in [1.807, 2.05) is 18.2 Å². The van der Waals surface area contributed by atoms with Gasteiger partial charge < -0.3 is 14.8 Å². The van der Waals surface area contributed by atoms with Gasteiger partial charge in [0, 0.05) is 17.5 Å². The van der Waals surface area contributed by atoms with Crippen molar-refractivity contribution in [2.75, 3.05) is 19.5 Å². The van der Waals surface area contributed by atoms with Crippen molar-refractivity contribution in [3.63, 3.8) is 0 Å². The number of halogens is 1. The lowest BCUT2D eigenvalue weighted by Gasteiger charge is -2.38. The van der Waals surface area contributed by atoms with Crippen LogP contribution in [0.5, 0.6) is 11.5 Å². The van der Waals surface area contributed by atoms with E-state index in [0.29, 0.717) is 0 Å². The van der Waals surface area contributed by atoms with E-state index in [2.05, 4.69) is 17.5 Å². The molecule has 140 valence electrons. The van der Waals surface area contributed by atoms with Crippen LogP contribution in [0.1, 0.15) is 29.5 Å². The number of allylic oxidation sites excluding steroid dienone is 2. The summed E-state index contributed by atoms with van der Waals surface area (Å²) in [5.41, 5.74) is 2.68. The predicted molar refractivity (Wildman–Crippen MR) is 104 cm³/mol. The van der Waals surface area contributed by atoms with E-state index >= 15 is 0 Å². The smallest absolute Gasteiger partial charge is 0.288 e. The molecule has 1 aliphatic heterocycles. The predicted octanol–water partition coefficient (Wildman–Crippen LogP) is 5.09. The number of hydrogen-bond donors (Lipinski definition) is 1. The van der Waals surface area contributed by atoms with Crippen LogP contribution in [0, 0.1) is 16.0 Å². The third-order valence-electron chi connectivity index (χ3n) is 5.41. The van der Waals surface area contributed by atoms with Crippen molar-refractivity contribution in [2.24, 2.45) is 5.92 Å². The van der Waals surface area contributed by atoms with Crippen LogP contribution in [0.4, 0.5) is 11.4 Å². The van der Waals surface area contributed by atoms with Crippen molar-refractivity contribution in [3.05, 3.63) is 68.7 Å². The molecule has 2 aromatic carbocycles. The lowest BCUT2D eigenvalue weighted by Crippen LogP contribution is -2.29. The number of benzene rings is 2. The first-order valence-electron chi connectivity index (χ1n) is 8.67. The van der Waals surface area contributed by atoms with Crippen LogP contribution in [0.15, 0.2) is 42.5 Å². The minimum atomic E-state index is -0.448. The zero-order valence-electron chi connectivity index (χ0n) is 14.9. The van der Waals surface area contributed by atoms with Gasteiger partial charge in [-0.15, -0.1) is 0 Å². The van der Waals surface area contributed by atoms with Gasteiger partial charge in [-0.1, -0.05) is 29.8 Å². The van der Waals surface area contributed by atoms with E-state index in [9.17, 15) is 10.1 Å². The van der Waals surface area contributed by atoms with Crippen LogP contribution in [0.3, 0.4) is 0 Å². The lowest BCUT2D eigenvalue weighted by molar-refractivity contribution is -0.384. The molecule has 1 heterocycles. The largest absolute Gasteiger partial charge is 0.496 e. The molecule has 3 atom stereocenters. The van der Waals surface area contributed by atoms with Crippen molar-refractivity contribution in [3.8, 4) is 11.5 Å². The molecule has 1 N–H and O–H groups in total. The first kappa shape index (κ1) is 17.7. The maximum Gasteiger partial charge on any atom is 0.288 e. The summed E-state index contributed by atoms with van der Waals surface area (Å²) in [6, 6.07) is 8.68. The fourth-order valence-corrected chi connectivity index (χ4v) is 4.38. The van der Waals surface area contributed by atoms with Gasteiger partial charge in [0.2, 0.25) is 0 Å². The van der Waals surface area contributed by atoms with Crippen molar-refractivity contribution < 1.29 is 14.4 Å². The molecule has 0 bridgehead atoms. The second-order valence-electron chi connectivity index (χ2n) is 6.70. The molecule has 27 heavy (non-hydrogen) atoms. The standard InChI is InChI=1S/C20H19ClN2O4/c1-26-16-8-9-17(27-2)20-18(16)12-4-3-5-13(12)19(22-20)11-6-7-14(21)15(10-11)23(24)25/h3-4,6-10,12-13,19,22H,5H2,1-2H3. The summed E-state index contributed by atoms with van der Waals surface area (Å²) in [4.78, 5) is 10.9. The van der Waals surface area contributed by atoms with Gasteiger partial charge in [-0.2, -0.15) is 0 Å². The Labute approximate surface area is 161 Å². The molecule has 0 amide bonds. The first-order valence-corrected chi connectivity index (χ1v) is 9.05. The normalized spacial score (nSPS) is 22.6. The molecule has 2 aromatic rings. The summed E-state index contributed by atoms with van der Waals surface area (Å²) in [6.07, 6.45) is 5.21. The molecule has 0 fully saturated rings. The van der Waals surface area contributed by atoms with Crippen molar-refractivity contribution in [1.82, 2.24) is 0 Å². The van der Waals surface area contributed by atoms with Crippen LogP contribution in [-0.4, -0.2) is 19.1 Å². The van der Waals surface area contributed by atoms with Crippen LogP contribution in [0.2, 0.25) is 5.02 Å². The van der Waals surface area contributed by atoms with Gasteiger partial charge in [0.05, 0.1) is 30.9 Å². The Hall–Kier alpha value is -2.73. The molecule has 2 aliphatic rings. The van der Waals surface area contributed by atoms with Gasteiger partial charge in [0.15, 0.2) is 0 Å². The highest BCUT2D eigenvalue weighted by Gasteiger charge is 2.41. The molecular formula is C20H19ClN2O4. The second kappa shape index (κ2) is 6.78. The van der Waals surface area contributed by atoms with E-state index in [4.69, 9.17) is 21.1 Å². The second-order valence-corrected chi connectivity index (χ2v) is 7.11. The van der Waals surface area contributed by atoms with Crippen molar-refractivity contribution in [1.29, 1.82) is 0 Å². The summed E-state index contributed by atoms with van der Waals surface area (Å²) in [6.45, 7) is 0. The van der Waals surface area contributed by atoms with Gasteiger partial charge in [-0.3, -0.25) is 10.1 Å². The third-order valence-corrected chi connectivity index (χ3v) is 5.73. The number of hydrogen-bond acceptors (Lipinski definition) is 5. The fraction of sp³-hybridized carbons (Fsp3) is 0.300. The monoisotopic (exact) mass is 386 g/mol. The number of nitro benzene ring substituents is 1. The van der Waals surface area contributed by atoms with E-state index in [1.165, 1.54) is 0 Å². The zero-order chi connectivity index (χ0) is 19.1. The SMILES string of the molecule is COc1ccc(OC)c2c1NC(c1ccc(Cl)c([N+](=O)[O-])c1)C1CC=CC21. The molecule has 0 aromatic heterocycles.